The fourth-order valence-corrected chi connectivity index (χ4v) is 1.78. The Hall–Kier alpha value is -0.460. The molecule has 0 unspecified atom stereocenters. The quantitative estimate of drug-likeness (QED) is 0.431. The summed E-state index contributed by atoms with van der Waals surface area (Å²) >= 11 is 4.49. The summed E-state index contributed by atoms with van der Waals surface area (Å²) in [6.45, 7) is 1.87. The molecule has 0 saturated heterocycles. The van der Waals surface area contributed by atoms with Gasteiger partial charge in [-0.25, -0.2) is 10.8 Å². The van der Waals surface area contributed by atoms with E-state index < -0.39 is 0 Å². The minimum Gasteiger partial charge on any atom is -0.288 e. The molecule has 1 aromatic heterocycles. The third-order valence-corrected chi connectivity index (χ3v) is 3.07. The zero-order valence-corrected chi connectivity index (χ0v) is 8.12. The van der Waals surface area contributed by atoms with Crippen molar-refractivity contribution in [2.24, 2.45) is 5.84 Å². The van der Waals surface area contributed by atoms with Crippen molar-refractivity contribution in [1.29, 1.82) is 0 Å². The maximum atomic E-state index is 10.9. The van der Waals surface area contributed by atoms with Gasteiger partial charge in [0.1, 0.15) is 4.60 Å². The second-order valence-corrected chi connectivity index (χ2v) is 3.79. The van der Waals surface area contributed by atoms with E-state index in [0.717, 1.165) is 4.88 Å². The highest BCUT2D eigenvalue weighted by Crippen LogP contribution is 2.21. The first-order chi connectivity index (χ1) is 5.15. The predicted octanol–water partition coefficient (Wildman–Crippen LogP) is 0.818. The fourth-order valence-electron chi connectivity index (χ4n) is 0.537. The number of halogens is 1. The number of carbonyl (C=O) groups excluding carboxylic acids is 1. The molecule has 1 heterocycles. The third-order valence-electron chi connectivity index (χ3n) is 1.07. The molecule has 1 amide bonds. The molecule has 0 aromatic carbocycles. The highest BCUT2D eigenvalue weighted by Gasteiger charge is 2.10. The minimum absolute atomic E-state index is 0.358. The summed E-state index contributed by atoms with van der Waals surface area (Å²) in [5, 5.41) is 0.372. The second-order valence-electron chi connectivity index (χ2n) is 1.84. The van der Waals surface area contributed by atoms with E-state index in [1.807, 2.05) is 12.3 Å². The first-order valence-corrected chi connectivity index (χ1v) is 4.40. The number of nitrogen functional groups attached to an aromatic ring is 1. The first-order valence-electron chi connectivity index (χ1n) is 2.79. The van der Waals surface area contributed by atoms with Gasteiger partial charge in [-0.2, -0.15) is 0 Å². The summed E-state index contributed by atoms with van der Waals surface area (Å²) in [4.78, 5) is 15.8. The van der Waals surface area contributed by atoms with Crippen LogP contribution >= 0.6 is 27.3 Å². The number of nitrogens with one attached hydrogen (secondary N) is 1. The van der Waals surface area contributed by atoms with E-state index in [2.05, 4.69) is 20.9 Å². The fraction of sp³-hybridized carbons (Fsp3) is 0.200. The van der Waals surface area contributed by atoms with Crippen LogP contribution in [-0.4, -0.2) is 10.9 Å². The van der Waals surface area contributed by atoms with Crippen molar-refractivity contribution in [3.63, 3.8) is 0 Å². The summed E-state index contributed by atoms with van der Waals surface area (Å²) in [5.74, 6) is 4.56. The Morgan fingerprint density at radius 3 is 2.82 bits per heavy atom. The number of hydrogen-bond donors (Lipinski definition) is 2. The Bertz CT molecular complexity index is 266. The maximum absolute atomic E-state index is 10.9. The Kier molecular flexibility index (Phi) is 2.58. The van der Waals surface area contributed by atoms with Gasteiger partial charge < -0.3 is 0 Å². The van der Waals surface area contributed by atoms with Crippen molar-refractivity contribution in [3.05, 3.63) is 14.5 Å². The van der Waals surface area contributed by atoms with Gasteiger partial charge in [0.2, 0.25) is 0 Å². The van der Waals surface area contributed by atoms with Gasteiger partial charge in [0.15, 0.2) is 5.01 Å². The molecule has 0 radical (unpaired) electrons. The molecule has 6 heteroatoms. The number of nitrogens with two attached hydrogens (primary N) is 1. The number of thiazole rings is 1. The molecular weight excluding hydrogens is 230 g/mol. The Morgan fingerprint density at radius 2 is 2.45 bits per heavy atom. The zero-order valence-electron chi connectivity index (χ0n) is 5.72. The summed E-state index contributed by atoms with van der Waals surface area (Å²) in [6, 6.07) is 0. The largest absolute Gasteiger partial charge is 0.294 e. The monoisotopic (exact) mass is 235 g/mol. The Balaban J connectivity index is 2.97. The second kappa shape index (κ2) is 3.29. The van der Waals surface area contributed by atoms with Gasteiger partial charge >= 0.3 is 0 Å². The van der Waals surface area contributed by atoms with Crippen LogP contribution in [0.15, 0.2) is 4.60 Å². The van der Waals surface area contributed by atoms with E-state index in [9.17, 15) is 4.79 Å². The lowest BCUT2D eigenvalue weighted by molar-refractivity contribution is 0.0953. The molecule has 3 N–H and O–H groups in total. The SMILES string of the molecule is Cc1sc(C(=O)NN)nc1Br. The van der Waals surface area contributed by atoms with Gasteiger partial charge in [0, 0.05) is 4.88 Å². The van der Waals surface area contributed by atoms with Gasteiger partial charge in [-0.3, -0.25) is 10.2 Å². The van der Waals surface area contributed by atoms with Crippen LogP contribution in [0.25, 0.3) is 0 Å². The molecule has 0 bridgehead atoms. The van der Waals surface area contributed by atoms with Crippen LogP contribution in [0.1, 0.15) is 14.7 Å². The Morgan fingerprint density at radius 1 is 1.82 bits per heavy atom. The van der Waals surface area contributed by atoms with Crippen molar-refractivity contribution in [3.8, 4) is 0 Å². The minimum atomic E-state index is -0.358. The molecule has 1 aromatic rings. The van der Waals surface area contributed by atoms with Crippen molar-refractivity contribution in [1.82, 2.24) is 10.4 Å². The van der Waals surface area contributed by atoms with Crippen molar-refractivity contribution < 1.29 is 4.79 Å². The number of aromatic nitrogens is 1. The lowest BCUT2D eigenvalue weighted by Crippen LogP contribution is -2.29. The standard InChI is InChI=1S/C5H6BrN3OS/c1-2-3(6)8-5(11-2)4(10)9-7/h7H2,1H3,(H,9,10). The van der Waals surface area contributed by atoms with Crippen LogP contribution in [0, 0.1) is 6.92 Å². The van der Waals surface area contributed by atoms with E-state index in [1.165, 1.54) is 11.3 Å². The van der Waals surface area contributed by atoms with Crippen LogP contribution in [-0.2, 0) is 0 Å². The molecule has 11 heavy (non-hydrogen) atoms. The number of carbonyl (C=O) groups is 1. The van der Waals surface area contributed by atoms with E-state index in [1.54, 1.807) is 0 Å². The number of hydrogen-bond acceptors (Lipinski definition) is 4. The topological polar surface area (TPSA) is 68.0 Å². The molecule has 0 atom stereocenters. The summed E-state index contributed by atoms with van der Waals surface area (Å²) < 4.78 is 0.695. The number of rotatable bonds is 1. The van der Waals surface area contributed by atoms with Crippen LogP contribution in [0.5, 0.6) is 0 Å². The highest BCUT2D eigenvalue weighted by molar-refractivity contribution is 9.10. The first kappa shape index (κ1) is 8.63. The van der Waals surface area contributed by atoms with Crippen LogP contribution < -0.4 is 11.3 Å². The molecular formula is C5H6BrN3OS. The van der Waals surface area contributed by atoms with Gasteiger partial charge in [-0.15, -0.1) is 11.3 Å². The van der Waals surface area contributed by atoms with E-state index >= 15 is 0 Å². The molecule has 0 saturated carbocycles. The molecule has 4 nitrogen and oxygen atoms in total. The van der Waals surface area contributed by atoms with Gasteiger partial charge in [-0.1, -0.05) is 0 Å². The van der Waals surface area contributed by atoms with Crippen molar-refractivity contribution >= 4 is 33.2 Å². The smallest absolute Gasteiger partial charge is 0.288 e. The van der Waals surface area contributed by atoms with Gasteiger partial charge in [-0.05, 0) is 22.9 Å². The summed E-state index contributed by atoms with van der Waals surface area (Å²) in [6.07, 6.45) is 0. The molecule has 60 valence electrons. The Labute approximate surface area is 75.9 Å². The van der Waals surface area contributed by atoms with Crippen LogP contribution in [0.2, 0.25) is 0 Å². The number of hydrazine groups is 1. The average Bonchev–Trinajstić information content (AvgIpc) is 2.31. The molecule has 0 fully saturated rings. The molecule has 0 aliphatic carbocycles. The highest BCUT2D eigenvalue weighted by atomic mass is 79.9. The average molecular weight is 236 g/mol. The lowest BCUT2D eigenvalue weighted by atomic mass is 10.6. The number of aryl methyl sites for hydroxylation is 1. The van der Waals surface area contributed by atoms with Gasteiger partial charge in [0.05, 0.1) is 0 Å². The summed E-state index contributed by atoms with van der Waals surface area (Å²) in [5.41, 5.74) is 2.01. The van der Waals surface area contributed by atoms with Crippen LogP contribution in [0.3, 0.4) is 0 Å². The van der Waals surface area contributed by atoms with E-state index in [-0.39, 0.29) is 5.91 Å². The van der Waals surface area contributed by atoms with Crippen molar-refractivity contribution in [2.75, 3.05) is 0 Å². The number of amides is 1. The maximum Gasteiger partial charge on any atom is 0.294 e. The summed E-state index contributed by atoms with van der Waals surface area (Å²) in [7, 11) is 0. The molecule has 0 aliphatic heterocycles. The third kappa shape index (κ3) is 1.76. The predicted molar refractivity (Wildman–Crippen MR) is 46.2 cm³/mol. The van der Waals surface area contributed by atoms with Crippen LogP contribution in [0.4, 0.5) is 0 Å². The zero-order chi connectivity index (χ0) is 8.43. The molecule has 0 aliphatic rings. The van der Waals surface area contributed by atoms with E-state index in [4.69, 9.17) is 5.84 Å². The van der Waals surface area contributed by atoms with Gasteiger partial charge in [0.25, 0.3) is 5.91 Å². The molecule has 0 spiro atoms. The normalized spacial score (nSPS) is 9.73. The van der Waals surface area contributed by atoms with E-state index in [0.29, 0.717) is 9.61 Å². The lowest BCUT2D eigenvalue weighted by Gasteiger charge is -1.89. The van der Waals surface area contributed by atoms with Crippen molar-refractivity contribution in [2.45, 2.75) is 6.92 Å². The molecule has 1 rings (SSSR count). The number of nitrogens with zero attached hydrogens (tertiary/aromatic N) is 1.